The van der Waals surface area contributed by atoms with Crippen LogP contribution < -0.4 is 10.2 Å². The van der Waals surface area contributed by atoms with Gasteiger partial charge in [0.1, 0.15) is 11.4 Å². The van der Waals surface area contributed by atoms with E-state index in [2.05, 4.69) is 20.6 Å². The van der Waals surface area contributed by atoms with Crippen LogP contribution in [0.15, 0.2) is 12.3 Å². The lowest BCUT2D eigenvalue weighted by atomic mass is 9.98. The Labute approximate surface area is 136 Å². The van der Waals surface area contributed by atoms with E-state index < -0.39 is 6.55 Å². The van der Waals surface area contributed by atoms with Crippen LogP contribution >= 0.6 is 0 Å². The second kappa shape index (κ2) is 5.22. The Kier molecular flexibility index (Phi) is 3.26. The molecule has 1 N–H and O–H groups in total. The van der Waals surface area contributed by atoms with Gasteiger partial charge in [0.15, 0.2) is 5.82 Å². The molecule has 4 rings (SSSR count). The van der Waals surface area contributed by atoms with Crippen molar-refractivity contribution in [1.82, 2.24) is 20.0 Å². The monoisotopic (exact) mass is 334 g/mol. The van der Waals surface area contributed by atoms with Crippen molar-refractivity contribution in [3.8, 4) is 11.3 Å². The highest BCUT2D eigenvalue weighted by Crippen LogP contribution is 2.46. The van der Waals surface area contributed by atoms with E-state index in [0.29, 0.717) is 27.4 Å². The first kappa shape index (κ1) is 15.0. The van der Waals surface area contributed by atoms with Gasteiger partial charge in [0, 0.05) is 24.7 Å². The second-order valence-electron chi connectivity index (χ2n) is 6.15. The van der Waals surface area contributed by atoms with Gasteiger partial charge in [0.2, 0.25) is 5.91 Å². The molecule has 0 spiro atoms. The average Bonchev–Trinajstić information content (AvgIpc) is 3.30. The maximum atomic E-state index is 13.3. The molecule has 1 saturated carbocycles. The van der Waals surface area contributed by atoms with Gasteiger partial charge in [-0.25, -0.2) is 4.98 Å². The molecule has 2 aromatic heterocycles. The molecule has 0 bridgehead atoms. The first-order valence-corrected chi connectivity index (χ1v) is 7.75. The molecule has 126 valence electrons. The lowest BCUT2D eigenvalue weighted by molar-refractivity contribution is -0.117. The van der Waals surface area contributed by atoms with Crippen LogP contribution in [0.4, 0.5) is 20.3 Å². The number of alkyl halides is 2. The molecule has 1 aliphatic heterocycles. The standard InChI is InChI=1S/C15H16F2N6O/c1-7-10-11(23(15(16)17)21-20-10)9-5-6-18-13(12(9)22(7)2)19-14(24)8-3-4-8/h5-8,15H,3-4H2,1-2H3,(H,18,19,24). The number of hydrogen-bond acceptors (Lipinski definition) is 5. The Balaban J connectivity index is 1.86. The summed E-state index contributed by atoms with van der Waals surface area (Å²) in [6.07, 6.45) is 3.25. The average molecular weight is 334 g/mol. The highest BCUT2D eigenvalue weighted by Gasteiger charge is 2.36. The molecule has 24 heavy (non-hydrogen) atoms. The van der Waals surface area contributed by atoms with Crippen LogP contribution in [0.25, 0.3) is 11.3 Å². The Morgan fingerprint density at radius 1 is 1.42 bits per heavy atom. The lowest BCUT2D eigenvalue weighted by Crippen LogP contribution is -2.29. The van der Waals surface area contributed by atoms with Crippen molar-refractivity contribution < 1.29 is 13.6 Å². The molecule has 7 nitrogen and oxygen atoms in total. The minimum absolute atomic E-state index is 0.0257. The van der Waals surface area contributed by atoms with Gasteiger partial charge in [0.05, 0.1) is 11.7 Å². The van der Waals surface area contributed by atoms with Crippen LogP contribution in [0.2, 0.25) is 0 Å². The number of nitrogens with zero attached hydrogens (tertiary/aromatic N) is 5. The molecule has 1 fully saturated rings. The second-order valence-corrected chi connectivity index (χ2v) is 6.15. The van der Waals surface area contributed by atoms with E-state index in [-0.39, 0.29) is 23.6 Å². The lowest BCUT2D eigenvalue weighted by Gasteiger charge is -2.33. The van der Waals surface area contributed by atoms with Crippen molar-refractivity contribution >= 4 is 17.4 Å². The van der Waals surface area contributed by atoms with E-state index in [4.69, 9.17) is 0 Å². The largest absolute Gasteiger partial charge is 0.363 e. The van der Waals surface area contributed by atoms with Crippen molar-refractivity contribution in [2.45, 2.75) is 32.4 Å². The van der Waals surface area contributed by atoms with Crippen LogP contribution in [0.3, 0.4) is 0 Å². The third-order valence-corrected chi connectivity index (χ3v) is 4.60. The summed E-state index contributed by atoms with van der Waals surface area (Å²) in [5.41, 5.74) is 1.90. The van der Waals surface area contributed by atoms with Crippen LogP contribution in [-0.4, -0.2) is 32.9 Å². The summed E-state index contributed by atoms with van der Waals surface area (Å²) in [5, 5.41) is 10.3. The molecule has 1 amide bonds. The zero-order valence-corrected chi connectivity index (χ0v) is 13.2. The first-order chi connectivity index (χ1) is 11.5. The molecule has 9 heteroatoms. The van der Waals surface area contributed by atoms with Crippen molar-refractivity contribution in [2.75, 3.05) is 17.3 Å². The fourth-order valence-electron chi connectivity index (χ4n) is 3.02. The minimum atomic E-state index is -2.79. The summed E-state index contributed by atoms with van der Waals surface area (Å²) in [6.45, 7) is -0.937. The zero-order valence-electron chi connectivity index (χ0n) is 13.2. The van der Waals surface area contributed by atoms with Crippen molar-refractivity contribution in [1.29, 1.82) is 0 Å². The van der Waals surface area contributed by atoms with Gasteiger partial charge in [0.25, 0.3) is 0 Å². The molecular weight excluding hydrogens is 318 g/mol. The number of pyridine rings is 1. The number of carbonyl (C=O) groups is 1. The topological polar surface area (TPSA) is 75.9 Å². The van der Waals surface area contributed by atoms with Crippen molar-refractivity contribution in [2.24, 2.45) is 5.92 Å². The summed E-state index contributed by atoms with van der Waals surface area (Å²) >= 11 is 0. The third kappa shape index (κ3) is 2.15. The first-order valence-electron chi connectivity index (χ1n) is 7.75. The molecule has 0 radical (unpaired) electrons. The molecule has 3 heterocycles. The Morgan fingerprint density at radius 2 is 2.17 bits per heavy atom. The van der Waals surface area contributed by atoms with Crippen molar-refractivity contribution in [3.63, 3.8) is 0 Å². The number of fused-ring (bicyclic) bond motifs is 3. The molecule has 0 aromatic carbocycles. The van der Waals surface area contributed by atoms with Gasteiger partial charge in [-0.3, -0.25) is 4.79 Å². The maximum absolute atomic E-state index is 13.3. The smallest absolute Gasteiger partial charge is 0.335 e. The fraction of sp³-hybridized carbons (Fsp3) is 0.467. The number of halogens is 2. The highest BCUT2D eigenvalue weighted by atomic mass is 19.3. The van der Waals surface area contributed by atoms with Crippen LogP contribution in [0, 0.1) is 5.92 Å². The van der Waals surface area contributed by atoms with Gasteiger partial charge in [-0.1, -0.05) is 5.21 Å². The Bertz CT molecular complexity index is 816. The maximum Gasteiger partial charge on any atom is 0.335 e. The Morgan fingerprint density at radius 3 is 2.83 bits per heavy atom. The molecule has 2 aromatic rings. The number of carbonyl (C=O) groups excluding carboxylic acids is 1. The fourth-order valence-corrected chi connectivity index (χ4v) is 3.02. The van der Waals surface area contributed by atoms with Gasteiger partial charge >= 0.3 is 6.55 Å². The van der Waals surface area contributed by atoms with Crippen molar-refractivity contribution in [3.05, 3.63) is 18.0 Å². The number of rotatable bonds is 3. The van der Waals surface area contributed by atoms with E-state index >= 15 is 0 Å². The van der Waals surface area contributed by atoms with E-state index in [1.165, 1.54) is 6.20 Å². The summed E-state index contributed by atoms with van der Waals surface area (Å²) < 4.78 is 27.2. The molecular formula is C15H16F2N6O. The van der Waals surface area contributed by atoms with Crippen LogP contribution in [0.5, 0.6) is 0 Å². The van der Waals surface area contributed by atoms with Crippen LogP contribution in [0.1, 0.15) is 38.1 Å². The molecule has 1 unspecified atom stereocenters. The predicted molar refractivity (Wildman–Crippen MR) is 82.7 cm³/mol. The van der Waals surface area contributed by atoms with E-state index in [1.54, 1.807) is 6.07 Å². The third-order valence-electron chi connectivity index (χ3n) is 4.60. The normalized spacial score (nSPS) is 19.2. The SMILES string of the molecule is CC1c2nnn(C(F)F)c2-c2ccnc(NC(=O)C3CC3)c2N1C. The number of nitrogens with one attached hydrogen (secondary N) is 1. The molecule has 0 saturated heterocycles. The Hall–Kier alpha value is -2.58. The van der Waals surface area contributed by atoms with E-state index in [1.807, 2.05) is 18.9 Å². The van der Waals surface area contributed by atoms with Gasteiger partial charge in [-0.05, 0) is 25.8 Å². The van der Waals surface area contributed by atoms with E-state index in [0.717, 1.165) is 12.8 Å². The quantitative estimate of drug-likeness (QED) is 0.934. The summed E-state index contributed by atoms with van der Waals surface area (Å²) in [5.74, 6) is 0.326. The summed E-state index contributed by atoms with van der Waals surface area (Å²) in [4.78, 5) is 18.2. The van der Waals surface area contributed by atoms with E-state index in [9.17, 15) is 13.6 Å². The zero-order chi connectivity index (χ0) is 17.0. The molecule has 1 atom stereocenters. The minimum Gasteiger partial charge on any atom is -0.363 e. The highest BCUT2D eigenvalue weighted by molar-refractivity contribution is 5.99. The summed E-state index contributed by atoms with van der Waals surface area (Å²) in [6, 6.07) is 1.38. The number of aromatic nitrogens is 4. The predicted octanol–water partition coefficient (Wildman–Crippen LogP) is 2.59. The summed E-state index contributed by atoms with van der Waals surface area (Å²) in [7, 11) is 1.82. The van der Waals surface area contributed by atoms with Gasteiger partial charge in [-0.2, -0.15) is 13.5 Å². The number of anilines is 2. The number of amides is 1. The molecule has 1 aliphatic carbocycles. The molecule has 2 aliphatic rings. The van der Waals surface area contributed by atoms with Crippen LogP contribution in [-0.2, 0) is 4.79 Å². The number of hydrogen-bond donors (Lipinski definition) is 1. The van der Waals surface area contributed by atoms with Gasteiger partial charge < -0.3 is 10.2 Å². The van der Waals surface area contributed by atoms with Gasteiger partial charge in [-0.15, -0.1) is 5.10 Å².